The lowest BCUT2D eigenvalue weighted by Gasteiger charge is -2.64. The van der Waals surface area contributed by atoms with Crippen LogP contribution in [0.5, 0.6) is 0 Å². The summed E-state index contributed by atoms with van der Waals surface area (Å²) in [5.74, 6) is 1.11. The van der Waals surface area contributed by atoms with Gasteiger partial charge in [-0.25, -0.2) is 9.59 Å². The summed E-state index contributed by atoms with van der Waals surface area (Å²) in [6, 6.07) is -0.0241. The number of ether oxygens (including phenoxy) is 1. The van der Waals surface area contributed by atoms with Gasteiger partial charge in [0, 0.05) is 24.1 Å². The zero-order chi connectivity index (χ0) is 23.6. The lowest BCUT2D eigenvalue weighted by molar-refractivity contribution is -0.206. The first-order valence-corrected chi connectivity index (χ1v) is 12.8. The first-order chi connectivity index (χ1) is 15.6. The van der Waals surface area contributed by atoms with E-state index in [2.05, 4.69) is 13.8 Å². The van der Waals surface area contributed by atoms with E-state index in [4.69, 9.17) is 4.74 Å². The largest absolute Gasteiger partial charge is 0.465 e. The van der Waals surface area contributed by atoms with E-state index in [1.165, 1.54) is 4.90 Å². The Morgan fingerprint density at radius 1 is 1.12 bits per heavy atom. The monoisotopic (exact) mass is 461 g/mol. The highest BCUT2D eigenvalue weighted by Gasteiger charge is 2.67. The molecular formula is C26H39NO6. The molecular weight excluding hydrogens is 422 g/mol. The summed E-state index contributed by atoms with van der Waals surface area (Å²) in [5.41, 5.74) is 0.233. The van der Waals surface area contributed by atoms with Crippen LogP contribution in [0.15, 0.2) is 11.6 Å². The van der Waals surface area contributed by atoms with E-state index in [1.54, 1.807) is 6.08 Å². The normalized spacial score (nSPS) is 46.6. The molecule has 0 spiro atoms. The SMILES string of the molecule is C[C@]12CC[C@H](N(CCO)C(=O)O)C[C@H]1CC[C@@H]1[C@@H]2CC[C@]2(C)[C@@H](C3=CC(=O)OC3)CC[C@]12O. The van der Waals surface area contributed by atoms with Crippen LogP contribution in [-0.2, 0) is 9.53 Å². The molecule has 5 aliphatic rings. The van der Waals surface area contributed by atoms with E-state index in [0.717, 1.165) is 63.4 Å². The topological polar surface area (TPSA) is 107 Å². The molecule has 0 unspecified atom stereocenters. The Kier molecular flexibility index (Phi) is 5.60. The van der Waals surface area contributed by atoms with Gasteiger partial charge in [0.05, 0.1) is 12.2 Å². The summed E-state index contributed by atoms with van der Waals surface area (Å²) in [5, 5.41) is 31.3. The van der Waals surface area contributed by atoms with Crippen LogP contribution in [0.4, 0.5) is 4.79 Å². The van der Waals surface area contributed by atoms with Crippen molar-refractivity contribution in [3.63, 3.8) is 0 Å². The van der Waals surface area contributed by atoms with Crippen LogP contribution in [-0.4, -0.2) is 63.7 Å². The molecule has 0 aromatic heterocycles. The third-order valence-electron chi connectivity index (χ3n) is 11.0. The molecule has 1 aliphatic heterocycles. The first kappa shape index (κ1) is 23.2. The fourth-order valence-corrected chi connectivity index (χ4v) is 9.21. The Morgan fingerprint density at radius 2 is 1.91 bits per heavy atom. The molecule has 0 aromatic carbocycles. The maximum Gasteiger partial charge on any atom is 0.407 e. The van der Waals surface area contributed by atoms with E-state index >= 15 is 0 Å². The minimum absolute atomic E-state index is 0.0241. The summed E-state index contributed by atoms with van der Waals surface area (Å²) < 4.78 is 5.22. The van der Waals surface area contributed by atoms with Gasteiger partial charge in [0.2, 0.25) is 0 Å². The van der Waals surface area contributed by atoms with Crippen molar-refractivity contribution in [3.05, 3.63) is 11.6 Å². The number of aliphatic hydroxyl groups excluding tert-OH is 1. The van der Waals surface area contributed by atoms with E-state index in [0.29, 0.717) is 18.4 Å². The molecule has 1 heterocycles. The smallest absolute Gasteiger partial charge is 0.407 e. The van der Waals surface area contributed by atoms with Gasteiger partial charge in [-0.2, -0.15) is 0 Å². The Morgan fingerprint density at radius 3 is 2.58 bits per heavy atom. The molecule has 3 N–H and O–H groups in total. The third-order valence-corrected chi connectivity index (χ3v) is 11.0. The van der Waals surface area contributed by atoms with Crippen LogP contribution in [0.2, 0.25) is 0 Å². The molecule has 184 valence electrons. The second-order valence-electron chi connectivity index (χ2n) is 11.9. The molecule has 5 rings (SSSR count). The summed E-state index contributed by atoms with van der Waals surface area (Å²) in [7, 11) is 0. The van der Waals surface area contributed by atoms with Crippen molar-refractivity contribution in [1.82, 2.24) is 4.90 Å². The second kappa shape index (κ2) is 7.98. The lowest BCUT2D eigenvalue weighted by Crippen LogP contribution is -2.63. The average Bonchev–Trinajstić information content (AvgIpc) is 3.31. The van der Waals surface area contributed by atoms with Crippen LogP contribution in [0.25, 0.3) is 0 Å². The first-order valence-electron chi connectivity index (χ1n) is 12.8. The zero-order valence-electron chi connectivity index (χ0n) is 20.0. The molecule has 7 nitrogen and oxygen atoms in total. The standard InChI is InChI=1S/C26H39NO6/c1-24-8-5-18(27(11-12-28)23(30)31)14-17(24)3-4-21-20(24)6-9-25(2)19(7-10-26(21,25)32)16-13-22(29)33-15-16/h13,17-21,28,32H,3-12,14-15H2,1-2H3,(H,30,31)/t17-,18+,19-,20+,21-,24+,25-,26+/m1/s1. The number of aliphatic hydroxyl groups is 2. The summed E-state index contributed by atoms with van der Waals surface area (Å²) in [6.45, 7) is 5.05. The summed E-state index contributed by atoms with van der Waals surface area (Å²) in [6.07, 6.45) is 9.13. The van der Waals surface area contributed by atoms with Crippen LogP contribution < -0.4 is 0 Å². The van der Waals surface area contributed by atoms with Gasteiger partial charge in [0.1, 0.15) is 6.61 Å². The fourth-order valence-electron chi connectivity index (χ4n) is 9.21. The number of hydrogen-bond acceptors (Lipinski definition) is 5. The number of carbonyl (C=O) groups excluding carboxylic acids is 1. The summed E-state index contributed by atoms with van der Waals surface area (Å²) in [4.78, 5) is 24.9. The molecule has 0 saturated heterocycles. The quantitative estimate of drug-likeness (QED) is 0.553. The van der Waals surface area contributed by atoms with Crippen molar-refractivity contribution in [3.8, 4) is 0 Å². The number of fused-ring (bicyclic) bond motifs is 5. The van der Waals surface area contributed by atoms with E-state index < -0.39 is 11.7 Å². The molecule has 8 atom stereocenters. The molecule has 4 saturated carbocycles. The highest BCUT2D eigenvalue weighted by molar-refractivity contribution is 5.85. The van der Waals surface area contributed by atoms with Crippen LogP contribution in [0.3, 0.4) is 0 Å². The molecule has 0 bridgehead atoms. The highest BCUT2D eigenvalue weighted by Crippen LogP contribution is 2.70. The Bertz CT molecular complexity index is 858. The zero-order valence-corrected chi connectivity index (χ0v) is 20.0. The minimum atomic E-state index is -0.935. The van der Waals surface area contributed by atoms with Gasteiger partial charge >= 0.3 is 12.1 Å². The van der Waals surface area contributed by atoms with E-state index in [1.807, 2.05) is 0 Å². The molecule has 33 heavy (non-hydrogen) atoms. The number of rotatable bonds is 4. The van der Waals surface area contributed by atoms with Crippen LogP contribution in [0, 0.1) is 34.5 Å². The molecule has 4 aliphatic carbocycles. The highest BCUT2D eigenvalue weighted by atomic mass is 16.5. The molecule has 0 aromatic rings. The average molecular weight is 462 g/mol. The van der Waals surface area contributed by atoms with Gasteiger partial charge in [0.15, 0.2) is 0 Å². The van der Waals surface area contributed by atoms with Crippen molar-refractivity contribution < 1.29 is 29.6 Å². The van der Waals surface area contributed by atoms with Gasteiger partial charge in [-0.3, -0.25) is 0 Å². The van der Waals surface area contributed by atoms with E-state index in [-0.39, 0.29) is 47.8 Å². The van der Waals surface area contributed by atoms with Gasteiger partial charge in [-0.15, -0.1) is 0 Å². The Hall–Kier alpha value is -1.60. The number of hydrogen-bond donors (Lipinski definition) is 3. The Labute approximate surface area is 196 Å². The van der Waals surface area contributed by atoms with Crippen LogP contribution in [0.1, 0.15) is 71.6 Å². The van der Waals surface area contributed by atoms with Crippen molar-refractivity contribution in [2.45, 2.75) is 83.3 Å². The van der Waals surface area contributed by atoms with Gasteiger partial charge < -0.3 is 25.0 Å². The van der Waals surface area contributed by atoms with Crippen molar-refractivity contribution in [2.75, 3.05) is 19.8 Å². The van der Waals surface area contributed by atoms with Crippen molar-refractivity contribution in [2.24, 2.45) is 34.5 Å². The number of esters is 1. The minimum Gasteiger partial charge on any atom is -0.465 e. The maximum absolute atomic E-state index is 12.3. The van der Waals surface area contributed by atoms with E-state index in [9.17, 15) is 24.9 Å². The second-order valence-corrected chi connectivity index (χ2v) is 11.9. The number of cyclic esters (lactones) is 1. The third kappa shape index (κ3) is 3.28. The predicted molar refractivity (Wildman–Crippen MR) is 121 cm³/mol. The van der Waals surface area contributed by atoms with Crippen molar-refractivity contribution in [1.29, 1.82) is 0 Å². The number of amides is 1. The van der Waals surface area contributed by atoms with Gasteiger partial charge in [-0.1, -0.05) is 13.8 Å². The number of carbonyl (C=O) groups is 2. The van der Waals surface area contributed by atoms with Crippen LogP contribution >= 0.6 is 0 Å². The molecule has 0 radical (unpaired) electrons. The van der Waals surface area contributed by atoms with Gasteiger partial charge in [0.25, 0.3) is 0 Å². The maximum atomic E-state index is 12.3. The van der Waals surface area contributed by atoms with Gasteiger partial charge in [-0.05, 0) is 92.4 Å². The molecule has 7 heteroatoms. The van der Waals surface area contributed by atoms with Crippen molar-refractivity contribution >= 4 is 12.1 Å². The predicted octanol–water partition coefficient (Wildman–Crippen LogP) is 3.58. The fraction of sp³-hybridized carbons (Fsp3) is 0.846. The summed E-state index contributed by atoms with van der Waals surface area (Å²) >= 11 is 0. The Balaban J connectivity index is 1.37. The molecule has 1 amide bonds. The number of nitrogens with zero attached hydrogens (tertiary/aromatic N) is 1. The lowest BCUT2D eigenvalue weighted by atomic mass is 9.43. The molecule has 4 fully saturated rings. The number of carboxylic acid groups (broad SMARTS) is 1.